The molecule has 1 aliphatic carbocycles. The molecule has 1 saturated carbocycles. The van der Waals surface area contributed by atoms with Gasteiger partial charge in [0.15, 0.2) is 0 Å². The van der Waals surface area contributed by atoms with Crippen LogP contribution in [0.5, 0.6) is 0 Å². The van der Waals surface area contributed by atoms with Crippen molar-refractivity contribution >= 4 is 0 Å². The molecule has 0 aliphatic heterocycles. The smallest absolute Gasteiger partial charge is 0.0806 e. The first-order valence-corrected chi connectivity index (χ1v) is 8.05. The van der Waals surface area contributed by atoms with Crippen molar-refractivity contribution in [3.63, 3.8) is 0 Å². The SMILES string of the molecule is CCCNC(C1CCCCC1)C(C)(CC)OCC. The van der Waals surface area contributed by atoms with Gasteiger partial charge in [0.2, 0.25) is 0 Å². The van der Waals surface area contributed by atoms with Crippen LogP contribution < -0.4 is 5.32 Å². The zero-order valence-electron chi connectivity index (χ0n) is 12.9. The van der Waals surface area contributed by atoms with Crippen molar-refractivity contribution in [1.82, 2.24) is 5.32 Å². The highest BCUT2D eigenvalue weighted by Crippen LogP contribution is 2.34. The molecule has 0 heterocycles. The van der Waals surface area contributed by atoms with E-state index in [2.05, 4.69) is 33.0 Å². The molecule has 1 aliphatic rings. The van der Waals surface area contributed by atoms with E-state index in [4.69, 9.17) is 4.74 Å². The van der Waals surface area contributed by atoms with Gasteiger partial charge in [-0.05, 0) is 52.0 Å². The molecule has 0 amide bonds. The Hall–Kier alpha value is -0.0800. The van der Waals surface area contributed by atoms with Crippen LogP contribution in [0.15, 0.2) is 0 Å². The van der Waals surface area contributed by atoms with Gasteiger partial charge in [0, 0.05) is 12.6 Å². The second kappa shape index (κ2) is 8.16. The van der Waals surface area contributed by atoms with E-state index >= 15 is 0 Å². The Labute approximate surface area is 114 Å². The highest BCUT2D eigenvalue weighted by molar-refractivity contribution is 4.94. The van der Waals surface area contributed by atoms with Crippen molar-refractivity contribution < 1.29 is 4.74 Å². The molecule has 1 N–H and O–H groups in total. The predicted octanol–water partition coefficient (Wildman–Crippen LogP) is 4.14. The van der Waals surface area contributed by atoms with Crippen LogP contribution in [-0.2, 0) is 4.74 Å². The minimum atomic E-state index is 0.00588. The number of nitrogens with one attached hydrogen (secondary N) is 1. The van der Waals surface area contributed by atoms with Crippen LogP contribution in [0.1, 0.15) is 72.6 Å². The zero-order chi connectivity index (χ0) is 13.4. The fourth-order valence-electron chi connectivity index (χ4n) is 3.39. The molecule has 1 fully saturated rings. The molecule has 0 aromatic carbocycles. The molecule has 0 saturated heterocycles. The summed E-state index contributed by atoms with van der Waals surface area (Å²) in [7, 11) is 0. The molecule has 2 heteroatoms. The fraction of sp³-hybridized carbons (Fsp3) is 1.00. The van der Waals surface area contributed by atoms with Crippen LogP contribution in [0.2, 0.25) is 0 Å². The lowest BCUT2D eigenvalue weighted by Crippen LogP contribution is -2.55. The van der Waals surface area contributed by atoms with Gasteiger partial charge in [-0.25, -0.2) is 0 Å². The summed E-state index contributed by atoms with van der Waals surface area (Å²) in [4.78, 5) is 0. The number of rotatable bonds is 8. The van der Waals surface area contributed by atoms with Gasteiger partial charge >= 0.3 is 0 Å². The summed E-state index contributed by atoms with van der Waals surface area (Å²) < 4.78 is 6.13. The largest absolute Gasteiger partial charge is 0.374 e. The maximum Gasteiger partial charge on any atom is 0.0806 e. The summed E-state index contributed by atoms with van der Waals surface area (Å²) in [5.41, 5.74) is 0.00588. The monoisotopic (exact) mass is 255 g/mol. The van der Waals surface area contributed by atoms with E-state index < -0.39 is 0 Å². The fourth-order valence-corrected chi connectivity index (χ4v) is 3.39. The highest BCUT2D eigenvalue weighted by atomic mass is 16.5. The number of hydrogen-bond acceptors (Lipinski definition) is 2. The topological polar surface area (TPSA) is 21.3 Å². The third-order valence-electron chi connectivity index (χ3n) is 4.57. The summed E-state index contributed by atoms with van der Waals surface area (Å²) in [6.45, 7) is 10.9. The summed E-state index contributed by atoms with van der Waals surface area (Å²) in [6, 6.07) is 0.530. The molecule has 2 unspecified atom stereocenters. The lowest BCUT2D eigenvalue weighted by atomic mass is 9.76. The quantitative estimate of drug-likeness (QED) is 0.704. The van der Waals surface area contributed by atoms with E-state index in [1.807, 2.05) is 0 Å². The first-order valence-electron chi connectivity index (χ1n) is 8.05. The Bertz CT molecular complexity index is 213. The molecular formula is C16H33NO. The Kier molecular flexibility index (Phi) is 7.25. The van der Waals surface area contributed by atoms with Crippen molar-refractivity contribution in [2.45, 2.75) is 84.3 Å². The Morgan fingerprint density at radius 3 is 2.33 bits per heavy atom. The van der Waals surface area contributed by atoms with Crippen LogP contribution in [0.3, 0.4) is 0 Å². The van der Waals surface area contributed by atoms with Gasteiger partial charge in [-0.1, -0.05) is 33.1 Å². The standard InChI is InChI=1S/C16H33NO/c1-5-13-17-15(14-11-9-8-10-12-14)16(4,6-2)18-7-3/h14-15,17H,5-13H2,1-4H3. The average molecular weight is 255 g/mol. The summed E-state index contributed by atoms with van der Waals surface area (Å²) in [5, 5.41) is 3.79. The minimum Gasteiger partial charge on any atom is -0.374 e. The maximum absolute atomic E-state index is 6.13. The molecule has 18 heavy (non-hydrogen) atoms. The van der Waals surface area contributed by atoms with E-state index in [1.165, 1.54) is 38.5 Å². The Morgan fingerprint density at radius 1 is 1.17 bits per heavy atom. The summed E-state index contributed by atoms with van der Waals surface area (Å²) in [6.07, 6.45) is 9.29. The third kappa shape index (κ3) is 4.24. The van der Waals surface area contributed by atoms with Crippen LogP contribution >= 0.6 is 0 Å². The van der Waals surface area contributed by atoms with Crippen LogP contribution in [0.4, 0.5) is 0 Å². The second-order valence-corrected chi connectivity index (χ2v) is 5.93. The van der Waals surface area contributed by atoms with Crippen molar-refractivity contribution in [3.05, 3.63) is 0 Å². The van der Waals surface area contributed by atoms with Crippen molar-refractivity contribution in [1.29, 1.82) is 0 Å². The number of hydrogen-bond donors (Lipinski definition) is 1. The first-order chi connectivity index (χ1) is 8.68. The van der Waals surface area contributed by atoms with Gasteiger partial charge in [-0.15, -0.1) is 0 Å². The molecule has 0 aromatic rings. The molecule has 2 atom stereocenters. The van der Waals surface area contributed by atoms with E-state index in [1.54, 1.807) is 0 Å². The predicted molar refractivity (Wildman–Crippen MR) is 79.0 cm³/mol. The van der Waals surface area contributed by atoms with Crippen molar-refractivity contribution in [2.75, 3.05) is 13.2 Å². The second-order valence-electron chi connectivity index (χ2n) is 5.93. The van der Waals surface area contributed by atoms with E-state index in [-0.39, 0.29) is 5.60 Å². The van der Waals surface area contributed by atoms with Crippen LogP contribution in [-0.4, -0.2) is 24.8 Å². The van der Waals surface area contributed by atoms with Crippen molar-refractivity contribution in [2.24, 2.45) is 5.92 Å². The van der Waals surface area contributed by atoms with Gasteiger partial charge < -0.3 is 10.1 Å². The Balaban J connectivity index is 2.73. The summed E-state index contributed by atoms with van der Waals surface area (Å²) >= 11 is 0. The maximum atomic E-state index is 6.13. The third-order valence-corrected chi connectivity index (χ3v) is 4.57. The van der Waals surface area contributed by atoms with Gasteiger partial charge in [0.1, 0.15) is 0 Å². The van der Waals surface area contributed by atoms with Crippen LogP contribution in [0, 0.1) is 5.92 Å². The van der Waals surface area contributed by atoms with Crippen molar-refractivity contribution in [3.8, 4) is 0 Å². The zero-order valence-corrected chi connectivity index (χ0v) is 12.9. The van der Waals surface area contributed by atoms with Gasteiger partial charge in [-0.3, -0.25) is 0 Å². The minimum absolute atomic E-state index is 0.00588. The molecule has 2 nitrogen and oxygen atoms in total. The molecule has 0 aromatic heterocycles. The molecule has 0 spiro atoms. The highest BCUT2D eigenvalue weighted by Gasteiger charge is 2.38. The Morgan fingerprint density at radius 2 is 1.83 bits per heavy atom. The lowest BCUT2D eigenvalue weighted by molar-refractivity contribution is -0.0729. The first kappa shape index (κ1) is 16.0. The molecule has 0 radical (unpaired) electrons. The molecular weight excluding hydrogens is 222 g/mol. The van der Waals surface area contributed by atoms with E-state index in [9.17, 15) is 0 Å². The molecule has 108 valence electrons. The lowest BCUT2D eigenvalue weighted by Gasteiger charge is -2.43. The van der Waals surface area contributed by atoms with Crippen LogP contribution in [0.25, 0.3) is 0 Å². The van der Waals surface area contributed by atoms with Gasteiger partial charge in [0.05, 0.1) is 5.60 Å². The summed E-state index contributed by atoms with van der Waals surface area (Å²) in [5.74, 6) is 0.807. The average Bonchev–Trinajstić information content (AvgIpc) is 2.40. The van der Waals surface area contributed by atoms with E-state index in [0.717, 1.165) is 25.5 Å². The molecule has 0 bridgehead atoms. The van der Waals surface area contributed by atoms with Gasteiger partial charge in [-0.2, -0.15) is 0 Å². The van der Waals surface area contributed by atoms with Gasteiger partial charge in [0.25, 0.3) is 0 Å². The van der Waals surface area contributed by atoms with E-state index in [0.29, 0.717) is 6.04 Å². The normalized spacial score (nSPS) is 22.7. The number of ether oxygens (including phenoxy) is 1. The molecule has 1 rings (SSSR count).